The maximum Gasteiger partial charge on any atom is 0.251 e. The highest BCUT2D eigenvalue weighted by atomic mass is 19.1. The Labute approximate surface area is 89.8 Å². The van der Waals surface area contributed by atoms with Crippen molar-refractivity contribution in [3.63, 3.8) is 0 Å². The second-order valence-corrected chi connectivity index (χ2v) is 3.34. The van der Waals surface area contributed by atoms with Gasteiger partial charge in [-0.05, 0) is 25.1 Å². The van der Waals surface area contributed by atoms with Crippen molar-refractivity contribution in [3.8, 4) is 11.3 Å². The summed E-state index contributed by atoms with van der Waals surface area (Å²) in [6.07, 6.45) is 0. The summed E-state index contributed by atoms with van der Waals surface area (Å²) in [5, 5.41) is 0. The third-order valence-corrected chi connectivity index (χ3v) is 2.06. The fraction of sp³-hybridized carbons (Fsp3) is 0.0909. The number of hydrogen-bond donors (Lipinski definition) is 1. The molecule has 0 aliphatic carbocycles. The first kappa shape index (κ1) is 10.5. The quantitative estimate of drug-likeness (QED) is 0.802. The molecule has 0 amide bonds. The van der Waals surface area contributed by atoms with E-state index in [0.29, 0.717) is 5.82 Å². The lowest BCUT2D eigenvalue weighted by atomic mass is 10.1. The van der Waals surface area contributed by atoms with Crippen LogP contribution in [-0.4, -0.2) is 9.97 Å². The minimum Gasteiger partial charge on any atom is -0.311 e. The van der Waals surface area contributed by atoms with E-state index in [-0.39, 0.29) is 11.3 Å². The Morgan fingerprint density at radius 2 is 2.00 bits per heavy atom. The van der Waals surface area contributed by atoms with Crippen molar-refractivity contribution in [2.75, 3.05) is 0 Å². The predicted molar refractivity (Wildman–Crippen MR) is 54.9 cm³/mol. The van der Waals surface area contributed by atoms with E-state index >= 15 is 0 Å². The van der Waals surface area contributed by atoms with Crippen LogP contribution in [-0.2, 0) is 0 Å². The van der Waals surface area contributed by atoms with Gasteiger partial charge in [0.25, 0.3) is 5.56 Å². The summed E-state index contributed by atoms with van der Waals surface area (Å²) in [4.78, 5) is 17.5. The number of hydrogen-bond acceptors (Lipinski definition) is 2. The third-order valence-electron chi connectivity index (χ3n) is 2.06. The van der Waals surface area contributed by atoms with Crippen LogP contribution in [0.2, 0.25) is 0 Å². The number of rotatable bonds is 1. The molecule has 16 heavy (non-hydrogen) atoms. The molecule has 3 nitrogen and oxygen atoms in total. The number of aromatic nitrogens is 2. The van der Waals surface area contributed by atoms with Crippen LogP contribution in [0, 0.1) is 18.6 Å². The SMILES string of the molecule is Cc1nc(-c2cc(F)ccc2F)cc(=O)[nH]1. The summed E-state index contributed by atoms with van der Waals surface area (Å²) < 4.78 is 26.4. The molecular formula is C11H8F2N2O. The van der Waals surface area contributed by atoms with E-state index in [4.69, 9.17) is 0 Å². The molecular weight excluding hydrogens is 214 g/mol. The molecule has 0 radical (unpaired) electrons. The van der Waals surface area contributed by atoms with E-state index in [1.165, 1.54) is 0 Å². The molecule has 5 heteroatoms. The number of benzene rings is 1. The summed E-state index contributed by atoms with van der Waals surface area (Å²) in [7, 11) is 0. The smallest absolute Gasteiger partial charge is 0.251 e. The van der Waals surface area contributed by atoms with Gasteiger partial charge >= 0.3 is 0 Å². The summed E-state index contributed by atoms with van der Waals surface area (Å²) >= 11 is 0. The summed E-state index contributed by atoms with van der Waals surface area (Å²) in [5.41, 5.74) is -0.293. The van der Waals surface area contributed by atoms with Crippen LogP contribution in [0.5, 0.6) is 0 Å². The standard InChI is InChI=1S/C11H8F2N2O/c1-6-14-10(5-11(16)15-6)8-4-7(12)2-3-9(8)13/h2-5H,1H3,(H,14,15,16). The molecule has 82 valence electrons. The summed E-state index contributed by atoms with van der Waals surface area (Å²) in [6.45, 7) is 1.57. The van der Waals surface area contributed by atoms with Crippen LogP contribution >= 0.6 is 0 Å². The van der Waals surface area contributed by atoms with E-state index in [2.05, 4.69) is 9.97 Å². The fourth-order valence-corrected chi connectivity index (χ4v) is 1.41. The molecule has 2 aromatic rings. The third kappa shape index (κ3) is 1.98. The highest BCUT2D eigenvalue weighted by molar-refractivity contribution is 5.59. The van der Waals surface area contributed by atoms with Gasteiger partial charge in [-0.25, -0.2) is 13.8 Å². The van der Waals surface area contributed by atoms with E-state index in [0.717, 1.165) is 24.3 Å². The second kappa shape index (κ2) is 3.84. The van der Waals surface area contributed by atoms with Crippen molar-refractivity contribution in [3.05, 3.63) is 52.1 Å². The molecule has 1 N–H and O–H groups in total. The van der Waals surface area contributed by atoms with Crippen LogP contribution in [0.15, 0.2) is 29.1 Å². The van der Waals surface area contributed by atoms with Crippen molar-refractivity contribution >= 4 is 0 Å². The number of aryl methyl sites for hydroxylation is 1. The first-order valence-corrected chi connectivity index (χ1v) is 4.59. The van der Waals surface area contributed by atoms with E-state index in [1.54, 1.807) is 6.92 Å². The Kier molecular flexibility index (Phi) is 2.52. The van der Waals surface area contributed by atoms with E-state index < -0.39 is 17.2 Å². The lowest BCUT2D eigenvalue weighted by Crippen LogP contribution is -2.09. The number of nitrogens with zero attached hydrogens (tertiary/aromatic N) is 1. The lowest BCUT2D eigenvalue weighted by Gasteiger charge is -2.03. The molecule has 0 aliphatic heterocycles. The van der Waals surface area contributed by atoms with Crippen LogP contribution in [0.1, 0.15) is 5.82 Å². The molecule has 0 bridgehead atoms. The van der Waals surface area contributed by atoms with Gasteiger partial charge in [-0.3, -0.25) is 4.79 Å². The summed E-state index contributed by atoms with van der Waals surface area (Å²) in [5.74, 6) is -0.832. The van der Waals surface area contributed by atoms with Gasteiger partial charge < -0.3 is 4.98 Å². The zero-order valence-corrected chi connectivity index (χ0v) is 8.42. The molecule has 1 aromatic heterocycles. The lowest BCUT2D eigenvalue weighted by molar-refractivity contribution is 0.602. The second-order valence-electron chi connectivity index (χ2n) is 3.34. The Bertz CT molecular complexity index is 593. The number of nitrogens with one attached hydrogen (secondary N) is 1. The minimum absolute atomic E-state index is 0.0193. The van der Waals surface area contributed by atoms with Crippen LogP contribution in [0.4, 0.5) is 8.78 Å². The fourth-order valence-electron chi connectivity index (χ4n) is 1.41. The van der Waals surface area contributed by atoms with Gasteiger partial charge in [0.2, 0.25) is 0 Å². The van der Waals surface area contributed by atoms with Crippen LogP contribution < -0.4 is 5.56 Å². The molecule has 0 spiro atoms. The van der Waals surface area contributed by atoms with Crippen LogP contribution in [0.25, 0.3) is 11.3 Å². The highest BCUT2D eigenvalue weighted by Gasteiger charge is 2.09. The average Bonchev–Trinajstić information content (AvgIpc) is 2.20. The predicted octanol–water partition coefficient (Wildman–Crippen LogP) is 2.02. The Hall–Kier alpha value is -2.04. The summed E-state index contributed by atoms with van der Waals surface area (Å²) in [6, 6.07) is 4.16. The topological polar surface area (TPSA) is 45.8 Å². The van der Waals surface area contributed by atoms with Crippen molar-refractivity contribution < 1.29 is 8.78 Å². The van der Waals surface area contributed by atoms with Gasteiger partial charge in [-0.2, -0.15) is 0 Å². The number of aromatic amines is 1. The van der Waals surface area contributed by atoms with Gasteiger partial charge in [-0.1, -0.05) is 0 Å². The maximum atomic E-state index is 13.4. The molecule has 0 fully saturated rings. The zero-order valence-electron chi connectivity index (χ0n) is 8.42. The van der Waals surface area contributed by atoms with E-state index in [1.807, 2.05) is 0 Å². The Morgan fingerprint density at radius 1 is 1.25 bits per heavy atom. The van der Waals surface area contributed by atoms with Crippen molar-refractivity contribution in [2.24, 2.45) is 0 Å². The molecule has 2 rings (SSSR count). The maximum absolute atomic E-state index is 13.4. The number of H-pyrrole nitrogens is 1. The molecule has 0 unspecified atom stereocenters. The zero-order chi connectivity index (χ0) is 11.7. The molecule has 1 heterocycles. The van der Waals surface area contributed by atoms with Crippen molar-refractivity contribution in [2.45, 2.75) is 6.92 Å². The number of halogens is 2. The molecule has 0 saturated heterocycles. The molecule has 0 saturated carbocycles. The first-order chi connectivity index (χ1) is 7.56. The van der Waals surface area contributed by atoms with Crippen molar-refractivity contribution in [1.29, 1.82) is 0 Å². The molecule has 0 atom stereocenters. The molecule has 0 aliphatic rings. The van der Waals surface area contributed by atoms with Crippen molar-refractivity contribution in [1.82, 2.24) is 9.97 Å². The Balaban J connectivity index is 2.66. The van der Waals surface area contributed by atoms with Gasteiger partial charge in [0, 0.05) is 11.6 Å². The van der Waals surface area contributed by atoms with Gasteiger partial charge in [0.05, 0.1) is 5.69 Å². The van der Waals surface area contributed by atoms with Crippen LogP contribution in [0.3, 0.4) is 0 Å². The van der Waals surface area contributed by atoms with Gasteiger partial charge in [0.15, 0.2) is 0 Å². The normalized spacial score (nSPS) is 10.4. The van der Waals surface area contributed by atoms with Gasteiger partial charge in [0.1, 0.15) is 17.5 Å². The van der Waals surface area contributed by atoms with E-state index in [9.17, 15) is 13.6 Å². The molecule has 1 aromatic carbocycles. The Morgan fingerprint density at radius 3 is 2.69 bits per heavy atom. The first-order valence-electron chi connectivity index (χ1n) is 4.59. The minimum atomic E-state index is -0.612. The highest BCUT2D eigenvalue weighted by Crippen LogP contribution is 2.20. The largest absolute Gasteiger partial charge is 0.311 e. The monoisotopic (exact) mass is 222 g/mol. The average molecular weight is 222 g/mol. The van der Waals surface area contributed by atoms with Gasteiger partial charge in [-0.15, -0.1) is 0 Å².